The van der Waals surface area contributed by atoms with Gasteiger partial charge >= 0.3 is 6.03 Å². The summed E-state index contributed by atoms with van der Waals surface area (Å²) in [5.74, 6) is 0.722. The fourth-order valence-corrected chi connectivity index (χ4v) is 2.82. The van der Waals surface area contributed by atoms with Crippen LogP contribution in [0.25, 0.3) is 0 Å². The number of carbonyl (C=O) groups is 1. The van der Waals surface area contributed by atoms with Crippen molar-refractivity contribution in [2.24, 2.45) is 0 Å². The Kier molecular flexibility index (Phi) is 5.68. The van der Waals surface area contributed by atoms with Crippen molar-refractivity contribution in [1.29, 1.82) is 0 Å². The molecule has 0 aromatic carbocycles. The molecule has 6 nitrogen and oxygen atoms in total. The van der Waals surface area contributed by atoms with Gasteiger partial charge in [0, 0.05) is 16.9 Å². The minimum Gasteiger partial charge on any atom is -0.396 e. The van der Waals surface area contributed by atoms with Crippen molar-refractivity contribution in [1.82, 2.24) is 15.3 Å². The Morgan fingerprint density at radius 2 is 2.04 bits per heavy atom. The van der Waals surface area contributed by atoms with Gasteiger partial charge in [-0.2, -0.15) is 0 Å². The van der Waals surface area contributed by atoms with Crippen LogP contribution in [-0.4, -0.2) is 27.7 Å². The Balaban J connectivity index is 1.98. The van der Waals surface area contributed by atoms with Crippen LogP contribution in [-0.2, 0) is 5.41 Å². The number of amides is 2. The van der Waals surface area contributed by atoms with Crippen LogP contribution in [0.5, 0.6) is 0 Å². The molecule has 7 heteroatoms. The van der Waals surface area contributed by atoms with Crippen LogP contribution >= 0.6 is 11.3 Å². The number of urea groups is 1. The Hall–Kier alpha value is -1.99. The van der Waals surface area contributed by atoms with Crippen LogP contribution in [0.3, 0.4) is 0 Å². The number of hydrogen-bond donors (Lipinski definition) is 3. The molecule has 3 N–H and O–H groups in total. The third kappa shape index (κ3) is 5.01. The zero-order valence-corrected chi connectivity index (χ0v) is 14.4. The highest BCUT2D eigenvalue weighted by Crippen LogP contribution is 2.22. The first-order valence-corrected chi connectivity index (χ1v) is 8.32. The van der Waals surface area contributed by atoms with Gasteiger partial charge in [0.2, 0.25) is 0 Å². The standard InChI is InChI=1S/C16H22N4O2S/c1-16(2,3)14-17-9-11(10-18-14)19-15(22)20-12(6-7-21)13-5-4-8-23-13/h4-5,8-10,12,21H,6-7H2,1-3H3,(H2,19,20,22)/t12-/m0/s1. The smallest absolute Gasteiger partial charge is 0.319 e. The van der Waals surface area contributed by atoms with E-state index in [1.165, 1.54) is 0 Å². The Morgan fingerprint density at radius 3 is 2.57 bits per heavy atom. The molecule has 0 bridgehead atoms. The molecule has 2 amide bonds. The zero-order valence-electron chi connectivity index (χ0n) is 13.5. The predicted octanol–water partition coefficient (Wildman–Crippen LogP) is 3.08. The van der Waals surface area contributed by atoms with Gasteiger partial charge in [-0.1, -0.05) is 26.8 Å². The van der Waals surface area contributed by atoms with Crippen molar-refractivity contribution in [2.75, 3.05) is 11.9 Å². The molecule has 0 unspecified atom stereocenters. The summed E-state index contributed by atoms with van der Waals surface area (Å²) in [4.78, 5) is 21.7. The second-order valence-corrected chi connectivity index (χ2v) is 7.20. The molecule has 124 valence electrons. The van der Waals surface area contributed by atoms with E-state index in [-0.39, 0.29) is 24.1 Å². The molecule has 23 heavy (non-hydrogen) atoms. The van der Waals surface area contributed by atoms with Crippen molar-refractivity contribution in [3.63, 3.8) is 0 Å². The minimum absolute atomic E-state index is 0.00619. The number of aliphatic hydroxyl groups is 1. The van der Waals surface area contributed by atoms with Gasteiger partial charge in [0.1, 0.15) is 5.82 Å². The van der Waals surface area contributed by atoms with E-state index in [2.05, 4.69) is 20.6 Å². The molecule has 1 atom stereocenters. The van der Waals surface area contributed by atoms with E-state index in [1.807, 2.05) is 38.3 Å². The maximum absolute atomic E-state index is 12.1. The molecule has 2 heterocycles. The first-order chi connectivity index (χ1) is 10.9. The number of nitrogens with one attached hydrogen (secondary N) is 2. The first-order valence-electron chi connectivity index (χ1n) is 7.44. The molecule has 2 aromatic heterocycles. The molecule has 0 spiro atoms. The average molecular weight is 334 g/mol. The van der Waals surface area contributed by atoms with Crippen LogP contribution in [0.2, 0.25) is 0 Å². The summed E-state index contributed by atoms with van der Waals surface area (Å²) in [5, 5.41) is 16.7. The van der Waals surface area contributed by atoms with Gasteiger partial charge in [-0.05, 0) is 17.9 Å². The molecule has 0 saturated heterocycles. The number of aromatic nitrogens is 2. The molecule has 2 aromatic rings. The van der Waals surface area contributed by atoms with Gasteiger partial charge in [0.05, 0.1) is 24.1 Å². The number of aliphatic hydroxyl groups excluding tert-OH is 1. The van der Waals surface area contributed by atoms with E-state index in [9.17, 15) is 4.79 Å². The SMILES string of the molecule is CC(C)(C)c1ncc(NC(=O)N[C@@H](CCO)c2cccs2)cn1. The number of rotatable bonds is 5. The van der Waals surface area contributed by atoms with Gasteiger partial charge in [-0.15, -0.1) is 11.3 Å². The van der Waals surface area contributed by atoms with E-state index in [1.54, 1.807) is 23.7 Å². The van der Waals surface area contributed by atoms with Crippen LogP contribution in [0.1, 0.15) is 43.9 Å². The molecule has 0 aliphatic rings. The van der Waals surface area contributed by atoms with Gasteiger partial charge in [0.25, 0.3) is 0 Å². The summed E-state index contributed by atoms with van der Waals surface area (Å²) in [6.45, 7) is 6.10. The van der Waals surface area contributed by atoms with E-state index < -0.39 is 0 Å². The maximum atomic E-state index is 12.1. The monoisotopic (exact) mass is 334 g/mol. The van der Waals surface area contributed by atoms with Crippen molar-refractivity contribution >= 4 is 23.1 Å². The Labute approximate surface area is 140 Å². The highest BCUT2D eigenvalue weighted by atomic mass is 32.1. The zero-order chi connectivity index (χ0) is 16.9. The maximum Gasteiger partial charge on any atom is 0.319 e. The highest BCUT2D eigenvalue weighted by molar-refractivity contribution is 7.10. The second kappa shape index (κ2) is 7.52. The molecule has 0 fully saturated rings. The molecule has 0 aliphatic heterocycles. The predicted molar refractivity (Wildman–Crippen MR) is 91.6 cm³/mol. The third-order valence-corrected chi connectivity index (χ3v) is 4.18. The second-order valence-electron chi connectivity index (χ2n) is 6.22. The largest absolute Gasteiger partial charge is 0.396 e. The van der Waals surface area contributed by atoms with Crippen molar-refractivity contribution in [3.8, 4) is 0 Å². The molecular weight excluding hydrogens is 312 g/mol. The first kappa shape index (κ1) is 17.4. The lowest BCUT2D eigenvalue weighted by molar-refractivity contribution is 0.239. The highest BCUT2D eigenvalue weighted by Gasteiger charge is 2.18. The van der Waals surface area contributed by atoms with Gasteiger partial charge in [-0.25, -0.2) is 14.8 Å². The molecule has 0 aliphatic carbocycles. The summed E-state index contributed by atoms with van der Waals surface area (Å²) in [7, 11) is 0. The van der Waals surface area contributed by atoms with Crippen LogP contribution < -0.4 is 10.6 Å². The molecule has 0 radical (unpaired) electrons. The van der Waals surface area contributed by atoms with Gasteiger partial charge in [0.15, 0.2) is 0 Å². The van der Waals surface area contributed by atoms with E-state index in [0.29, 0.717) is 12.1 Å². The van der Waals surface area contributed by atoms with E-state index in [4.69, 9.17) is 5.11 Å². The Bertz CT molecular complexity index is 621. The normalized spacial score (nSPS) is 12.7. The number of thiophene rings is 1. The molecular formula is C16H22N4O2S. The third-order valence-electron chi connectivity index (χ3n) is 3.19. The van der Waals surface area contributed by atoms with Gasteiger partial charge < -0.3 is 15.7 Å². The average Bonchev–Trinajstić information content (AvgIpc) is 3.00. The van der Waals surface area contributed by atoms with Crippen LogP contribution in [0, 0.1) is 0 Å². The van der Waals surface area contributed by atoms with E-state index in [0.717, 1.165) is 10.7 Å². The summed E-state index contributed by atoms with van der Waals surface area (Å²) in [5.41, 5.74) is 0.399. The fraction of sp³-hybridized carbons (Fsp3) is 0.438. The lowest BCUT2D eigenvalue weighted by Gasteiger charge is -2.18. The van der Waals surface area contributed by atoms with Crippen LogP contribution in [0.4, 0.5) is 10.5 Å². The quantitative estimate of drug-likeness (QED) is 0.784. The number of nitrogens with zero attached hydrogens (tertiary/aromatic N) is 2. The van der Waals surface area contributed by atoms with Gasteiger partial charge in [-0.3, -0.25) is 0 Å². The summed E-state index contributed by atoms with van der Waals surface area (Å²) in [6.07, 6.45) is 3.66. The number of anilines is 1. The van der Waals surface area contributed by atoms with E-state index >= 15 is 0 Å². The molecule has 2 rings (SSSR count). The fourth-order valence-electron chi connectivity index (χ4n) is 2.01. The van der Waals surface area contributed by atoms with Crippen LogP contribution in [0.15, 0.2) is 29.9 Å². The lowest BCUT2D eigenvalue weighted by atomic mass is 9.96. The topological polar surface area (TPSA) is 87.1 Å². The molecule has 0 saturated carbocycles. The summed E-state index contributed by atoms with van der Waals surface area (Å²) < 4.78 is 0. The minimum atomic E-state index is -0.344. The number of carbonyl (C=O) groups excluding carboxylic acids is 1. The Morgan fingerprint density at radius 1 is 1.35 bits per heavy atom. The lowest BCUT2D eigenvalue weighted by Crippen LogP contribution is -2.32. The van der Waals surface area contributed by atoms with Crippen molar-refractivity contribution in [3.05, 3.63) is 40.6 Å². The van der Waals surface area contributed by atoms with Crippen molar-refractivity contribution in [2.45, 2.75) is 38.6 Å². The summed E-state index contributed by atoms with van der Waals surface area (Å²) in [6, 6.07) is 3.30. The summed E-state index contributed by atoms with van der Waals surface area (Å²) >= 11 is 1.55. The van der Waals surface area contributed by atoms with Crippen molar-refractivity contribution < 1.29 is 9.90 Å². The number of hydrogen-bond acceptors (Lipinski definition) is 5.